The lowest BCUT2D eigenvalue weighted by Crippen LogP contribution is -2.21. The van der Waals surface area contributed by atoms with Crippen LogP contribution < -0.4 is 5.32 Å². The summed E-state index contributed by atoms with van der Waals surface area (Å²) in [6.45, 7) is 2.07. The molecule has 0 saturated heterocycles. The Morgan fingerprint density at radius 2 is 1.86 bits per heavy atom. The fraction of sp³-hybridized carbons (Fsp3) is 0.235. The molecule has 0 spiro atoms. The third-order valence-electron chi connectivity index (χ3n) is 3.28. The minimum atomic E-state index is -0.178. The fourth-order valence-corrected chi connectivity index (χ4v) is 2.69. The van der Waals surface area contributed by atoms with Crippen molar-refractivity contribution >= 4 is 34.8 Å². The van der Waals surface area contributed by atoms with Crippen LogP contribution in [0.4, 0.5) is 5.69 Å². The molecule has 0 aliphatic heterocycles. The van der Waals surface area contributed by atoms with E-state index < -0.39 is 0 Å². The summed E-state index contributed by atoms with van der Waals surface area (Å²) in [4.78, 5) is 12.5. The highest BCUT2D eigenvalue weighted by Crippen LogP contribution is 2.28. The minimum Gasteiger partial charge on any atom is -0.324 e. The van der Waals surface area contributed by atoms with Gasteiger partial charge in [0.15, 0.2) is 0 Å². The molecule has 2 rings (SSSR count). The van der Waals surface area contributed by atoms with Gasteiger partial charge in [0.2, 0.25) is 5.91 Å². The van der Waals surface area contributed by atoms with Crippen molar-refractivity contribution in [2.75, 3.05) is 5.32 Å². The van der Waals surface area contributed by atoms with Gasteiger partial charge in [-0.25, -0.2) is 0 Å². The molecular formula is C17H17Cl2NO. The van der Waals surface area contributed by atoms with Crippen molar-refractivity contribution in [1.82, 2.24) is 0 Å². The standard InChI is InChI=1S/C17H17Cl2NO/c1-2-6-14(12-7-4-3-5-8-12)17(21)20-16-10-9-13(18)11-15(16)19/h3-5,7-11,14H,2,6H2,1H3,(H,20,21). The maximum atomic E-state index is 12.5. The van der Waals surface area contributed by atoms with Crippen LogP contribution in [-0.2, 0) is 4.79 Å². The first-order chi connectivity index (χ1) is 10.1. The highest BCUT2D eigenvalue weighted by Gasteiger charge is 2.20. The van der Waals surface area contributed by atoms with Crippen molar-refractivity contribution in [2.24, 2.45) is 0 Å². The van der Waals surface area contributed by atoms with E-state index in [0.29, 0.717) is 15.7 Å². The third kappa shape index (κ3) is 4.23. The Labute approximate surface area is 135 Å². The van der Waals surface area contributed by atoms with Crippen LogP contribution in [0.25, 0.3) is 0 Å². The summed E-state index contributed by atoms with van der Waals surface area (Å²) in [5.74, 6) is -0.227. The van der Waals surface area contributed by atoms with Crippen LogP contribution in [0.1, 0.15) is 31.2 Å². The van der Waals surface area contributed by atoms with Crippen LogP contribution in [0.2, 0.25) is 10.0 Å². The number of carbonyl (C=O) groups excluding carboxylic acids is 1. The van der Waals surface area contributed by atoms with Crippen molar-refractivity contribution in [2.45, 2.75) is 25.7 Å². The zero-order chi connectivity index (χ0) is 15.2. The maximum Gasteiger partial charge on any atom is 0.231 e. The molecule has 21 heavy (non-hydrogen) atoms. The van der Waals surface area contributed by atoms with E-state index in [2.05, 4.69) is 12.2 Å². The van der Waals surface area contributed by atoms with E-state index in [9.17, 15) is 4.79 Å². The molecule has 0 aromatic heterocycles. The normalized spacial score (nSPS) is 12.0. The Kier molecular flexibility index (Phi) is 5.66. The second-order valence-corrected chi connectivity index (χ2v) is 5.71. The predicted molar refractivity (Wildman–Crippen MR) is 89.2 cm³/mol. The van der Waals surface area contributed by atoms with Crippen LogP contribution in [0.15, 0.2) is 48.5 Å². The first-order valence-electron chi connectivity index (χ1n) is 6.92. The van der Waals surface area contributed by atoms with Crippen LogP contribution >= 0.6 is 23.2 Å². The molecule has 0 aliphatic rings. The molecular weight excluding hydrogens is 305 g/mol. The van der Waals surface area contributed by atoms with Crippen molar-refractivity contribution in [3.63, 3.8) is 0 Å². The summed E-state index contributed by atoms with van der Waals surface area (Å²) < 4.78 is 0. The maximum absolute atomic E-state index is 12.5. The Balaban J connectivity index is 2.19. The van der Waals surface area contributed by atoms with E-state index in [1.165, 1.54) is 0 Å². The second kappa shape index (κ2) is 7.48. The number of hydrogen-bond acceptors (Lipinski definition) is 1. The third-order valence-corrected chi connectivity index (χ3v) is 3.83. The smallest absolute Gasteiger partial charge is 0.231 e. The minimum absolute atomic E-state index is 0.0488. The van der Waals surface area contributed by atoms with Gasteiger partial charge < -0.3 is 5.32 Å². The first kappa shape index (κ1) is 15.9. The number of amides is 1. The van der Waals surface area contributed by atoms with Crippen molar-refractivity contribution in [3.8, 4) is 0 Å². The molecule has 2 nitrogen and oxygen atoms in total. The number of benzene rings is 2. The molecule has 2 aromatic rings. The zero-order valence-electron chi connectivity index (χ0n) is 11.8. The molecule has 4 heteroatoms. The lowest BCUT2D eigenvalue weighted by molar-refractivity contribution is -0.117. The summed E-state index contributed by atoms with van der Waals surface area (Å²) in [7, 11) is 0. The quantitative estimate of drug-likeness (QED) is 0.772. The predicted octanol–water partition coefficient (Wildman–Crippen LogP) is 5.52. The topological polar surface area (TPSA) is 29.1 Å². The van der Waals surface area contributed by atoms with Gasteiger partial charge in [0.25, 0.3) is 0 Å². The lowest BCUT2D eigenvalue weighted by atomic mass is 9.93. The summed E-state index contributed by atoms with van der Waals surface area (Å²) in [6.07, 6.45) is 1.72. The Morgan fingerprint density at radius 3 is 2.48 bits per heavy atom. The highest BCUT2D eigenvalue weighted by molar-refractivity contribution is 6.36. The van der Waals surface area contributed by atoms with Crippen molar-refractivity contribution in [1.29, 1.82) is 0 Å². The summed E-state index contributed by atoms with van der Waals surface area (Å²) >= 11 is 12.0. The molecule has 110 valence electrons. The van der Waals surface area contributed by atoms with Gasteiger partial charge in [-0.2, -0.15) is 0 Å². The van der Waals surface area contributed by atoms with Gasteiger partial charge in [-0.15, -0.1) is 0 Å². The van der Waals surface area contributed by atoms with Crippen molar-refractivity contribution in [3.05, 3.63) is 64.1 Å². The largest absolute Gasteiger partial charge is 0.324 e. The molecule has 0 bridgehead atoms. The molecule has 0 fully saturated rings. The van der Waals surface area contributed by atoms with Gasteiger partial charge in [-0.05, 0) is 30.2 Å². The van der Waals surface area contributed by atoms with Gasteiger partial charge in [-0.1, -0.05) is 66.9 Å². The van der Waals surface area contributed by atoms with Crippen molar-refractivity contribution < 1.29 is 4.79 Å². The Hall–Kier alpha value is -1.51. The molecule has 1 unspecified atom stereocenters. The fourth-order valence-electron chi connectivity index (χ4n) is 2.23. The van der Waals surface area contributed by atoms with Crippen LogP contribution in [0.3, 0.4) is 0 Å². The van der Waals surface area contributed by atoms with E-state index in [1.807, 2.05) is 30.3 Å². The van der Waals surface area contributed by atoms with E-state index >= 15 is 0 Å². The van der Waals surface area contributed by atoms with Gasteiger partial charge in [0.05, 0.1) is 16.6 Å². The number of nitrogens with one attached hydrogen (secondary N) is 1. The number of anilines is 1. The average Bonchev–Trinajstić information content (AvgIpc) is 2.48. The molecule has 0 saturated carbocycles. The highest BCUT2D eigenvalue weighted by atomic mass is 35.5. The SMILES string of the molecule is CCCC(C(=O)Nc1ccc(Cl)cc1Cl)c1ccccc1. The molecule has 1 atom stereocenters. The number of rotatable bonds is 5. The Morgan fingerprint density at radius 1 is 1.14 bits per heavy atom. The number of carbonyl (C=O) groups is 1. The summed E-state index contributed by atoms with van der Waals surface area (Å²) in [5.41, 5.74) is 1.60. The van der Waals surface area contributed by atoms with E-state index in [1.54, 1.807) is 18.2 Å². The van der Waals surface area contributed by atoms with E-state index in [0.717, 1.165) is 18.4 Å². The van der Waals surface area contributed by atoms with Crippen LogP contribution in [0, 0.1) is 0 Å². The molecule has 0 aliphatic carbocycles. The molecule has 0 radical (unpaired) electrons. The van der Waals surface area contributed by atoms with Crippen LogP contribution in [-0.4, -0.2) is 5.91 Å². The van der Waals surface area contributed by atoms with Gasteiger partial charge >= 0.3 is 0 Å². The Bertz CT molecular complexity index is 613. The second-order valence-electron chi connectivity index (χ2n) is 4.87. The molecule has 1 N–H and O–H groups in total. The number of hydrogen-bond donors (Lipinski definition) is 1. The van der Waals surface area contributed by atoms with Gasteiger partial charge in [-0.3, -0.25) is 4.79 Å². The average molecular weight is 322 g/mol. The molecule has 0 heterocycles. The van der Waals surface area contributed by atoms with E-state index in [4.69, 9.17) is 23.2 Å². The first-order valence-corrected chi connectivity index (χ1v) is 7.68. The molecule has 2 aromatic carbocycles. The zero-order valence-corrected chi connectivity index (χ0v) is 13.3. The van der Waals surface area contributed by atoms with Gasteiger partial charge in [0.1, 0.15) is 0 Å². The number of halogens is 2. The summed E-state index contributed by atoms with van der Waals surface area (Å²) in [5, 5.41) is 3.88. The van der Waals surface area contributed by atoms with Gasteiger partial charge in [0, 0.05) is 5.02 Å². The monoisotopic (exact) mass is 321 g/mol. The van der Waals surface area contributed by atoms with E-state index in [-0.39, 0.29) is 11.8 Å². The van der Waals surface area contributed by atoms with Crippen LogP contribution in [0.5, 0.6) is 0 Å². The molecule has 1 amide bonds. The summed E-state index contributed by atoms with van der Waals surface area (Å²) in [6, 6.07) is 14.8. The lowest BCUT2D eigenvalue weighted by Gasteiger charge is -2.17.